The fourth-order valence-corrected chi connectivity index (χ4v) is 4.28. The van der Waals surface area contributed by atoms with E-state index in [1.807, 2.05) is 12.1 Å². The van der Waals surface area contributed by atoms with Crippen molar-refractivity contribution in [2.45, 2.75) is 31.7 Å². The molecule has 0 bridgehead atoms. The second-order valence-corrected chi connectivity index (χ2v) is 8.18. The third-order valence-corrected chi connectivity index (χ3v) is 5.79. The van der Waals surface area contributed by atoms with E-state index in [9.17, 15) is 9.90 Å². The van der Waals surface area contributed by atoms with Gasteiger partial charge in [0.1, 0.15) is 0 Å². The summed E-state index contributed by atoms with van der Waals surface area (Å²) in [6.07, 6.45) is 0.925. The van der Waals surface area contributed by atoms with E-state index < -0.39 is 5.97 Å². The Balaban J connectivity index is 1.63. The van der Waals surface area contributed by atoms with Gasteiger partial charge in [-0.25, -0.2) is 4.79 Å². The lowest BCUT2D eigenvalue weighted by molar-refractivity contribution is 0.0696. The highest BCUT2D eigenvalue weighted by Gasteiger charge is 2.34. The summed E-state index contributed by atoms with van der Waals surface area (Å²) in [6.45, 7) is 8.52. The van der Waals surface area contributed by atoms with Crippen molar-refractivity contribution in [1.29, 1.82) is 0 Å². The Labute approximate surface area is 160 Å². The third-order valence-electron chi connectivity index (χ3n) is 5.79. The highest BCUT2D eigenvalue weighted by molar-refractivity contribution is 5.89. The van der Waals surface area contributed by atoms with E-state index in [1.54, 1.807) is 6.07 Å². The number of carboxylic acids is 1. The molecule has 0 aliphatic carbocycles. The fourth-order valence-electron chi connectivity index (χ4n) is 4.28. The number of hydrogen-bond acceptors (Lipinski definition) is 4. The van der Waals surface area contributed by atoms with Gasteiger partial charge in [-0.15, -0.1) is 0 Å². The second kappa shape index (κ2) is 6.89. The van der Waals surface area contributed by atoms with Crippen molar-refractivity contribution in [2.75, 3.05) is 36.4 Å². The molecule has 2 aromatic carbocycles. The molecule has 1 atom stereocenters. The summed E-state index contributed by atoms with van der Waals surface area (Å²) >= 11 is 0. The fraction of sp³-hybridized carbons (Fsp3) is 0.409. The summed E-state index contributed by atoms with van der Waals surface area (Å²) in [7, 11) is 0. The predicted octanol–water partition coefficient (Wildman–Crippen LogP) is 3.63. The zero-order valence-electron chi connectivity index (χ0n) is 16.0. The number of carbonyl (C=O) groups is 1. The molecule has 5 heteroatoms. The first-order valence-corrected chi connectivity index (χ1v) is 9.64. The molecule has 4 rings (SSSR count). The van der Waals surface area contributed by atoms with Crippen LogP contribution >= 0.6 is 0 Å². The van der Waals surface area contributed by atoms with Crippen LogP contribution in [0.3, 0.4) is 0 Å². The van der Waals surface area contributed by atoms with E-state index in [-0.39, 0.29) is 11.5 Å². The van der Waals surface area contributed by atoms with Gasteiger partial charge in [-0.3, -0.25) is 0 Å². The number of anilines is 2. The van der Waals surface area contributed by atoms with Crippen molar-refractivity contribution in [3.05, 3.63) is 59.2 Å². The minimum absolute atomic E-state index is 0.0955. The van der Waals surface area contributed by atoms with E-state index in [2.05, 4.69) is 53.6 Å². The lowest BCUT2D eigenvalue weighted by Gasteiger charge is -2.39. The molecular formula is C22H27N3O2. The van der Waals surface area contributed by atoms with Crippen LogP contribution in [0.5, 0.6) is 0 Å². The van der Waals surface area contributed by atoms with E-state index in [1.165, 1.54) is 11.3 Å². The SMILES string of the molecule is CC1(C)CC(c2cccc(N3CCNCC3)c2)Nc2ccc(C(=O)O)cc21. The highest BCUT2D eigenvalue weighted by atomic mass is 16.4. The van der Waals surface area contributed by atoms with Gasteiger partial charge in [-0.1, -0.05) is 26.0 Å². The lowest BCUT2D eigenvalue weighted by Crippen LogP contribution is -2.43. The quantitative estimate of drug-likeness (QED) is 0.775. The standard InChI is InChI=1S/C22H27N3O2/c1-22(2)14-20(24-19-7-6-16(21(26)27)13-18(19)22)15-4-3-5-17(12-15)25-10-8-23-9-11-25/h3-7,12-13,20,23-24H,8-11,14H2,1-2H3,(H,26,27). The number of aromatic carboxylic acids is 1. The summed E-state index contributed by atoms with van der Waals surface area (Å²) in [5.41, 5.74) is 4.93. The monoisotopic (exact) mass is 365 g/mol. The van der Waals surface area contributed by atoms with Gasteiger partial charge in [0.05, 0.1) is 11.6 Å². The number of piperazine rings is 1. The summed E-state index contributed by atoms with van der Waals surface area (Å²) in [5.74, 6) is -0.876. The first kappa shape index (κ1) is 17.9. The molecule has 2 aromatic rings. The third kappa shape index (κ3) is 3.52. The van der Waals surface area contributed by atoms with Gasteiger partial charge in [0.25, 0.3) is 0 Å². The summed E-state index contributed by atoms with van der Waals surface area (Å²) in [4.78, 5) is 13.8. The summed E-state index contributed by atoms with van der Waals surface area (Å²) in [5, 5.41) is 16.4. The van der Waals surface area contributed by atoms with Crippen molar-refractivity contribution < 1.29 is 9.90 Å². The molecule has 1 unspecified atom stereocenters. The minimum Gasteiger partial charge on any atom is -0.478 e. The number of fused-ring (bicyclic) bond motifs is 1. The van der Waals surface area contributed by atoms with Crippen LogP contribution in [0.15, 0.2) is 42.5 Å². The maximum absolute atomic E-state index is 11.3. The molecule has 1 saturated heterocycles. The Morgan fingerprint density at radius 2 is 1.93 bits per heavy atom. The number of benzene rings is 2. The zero-order chi connectivity index (χ0) is 19.0. The largest absolute Gasteiger partial charge is 0.478 e. The maximum Gasteiger partial charge on any atom is 0.335 e. The number of rotatable bonds is 3. The predicted molar refractivity (Wildman–Crippen MR) is 109 cm³/mol. The molecule has 3 N–H and O–H groups in total. The molecule has 2 aliphatic rings. The first-order valence-electron chi connectivity index (χ1n) is 9.64. The zero-order valence-corrected chi connectivity index (χ0v) is 16.0. The van der Waals surface area contributed by atoms with E-state index >= 15 is 0 Å². The van der Waals surface area contributed by atoms with Crippen LogP contribution < -0.4 is 15.5 Å². The number of nitrogens with one attached hydrogen (secondary N) is 2. The Bertz CT molecular complexity index is 856. The maximum atomic E-state index is 11.3. The molecule has 0 spiro atoms. The van der Waals surface area contributed by atoms with Crippen LogP contribution in [0.2, 0.25) is 0 Å². The van der Waals surface area contributed by atoms with Crippen molar-refractivity contribution in [1.82, 2.24) is 5.32 Å². The molecule has 5 nitrogen and oxygen atoms in total. The molecule has 1 fully saturated rings. The van der Waals surface area contributed by atoms with Crippen LogP contribution in [0, 0.1) is 0 Å². The molecule has 2 heterocycles. The minimum atomic E-state index is -0.876. The lowest BCUT2D eigenvalue weighted by atomic mass is 9.73. The van der Waals surface area contributed by atoms with Crippen LogP contribution in [-0.2, 0) is 5.41 Å². The average molecular weight is 365 g/mol. The Morgan fingerprint density at radius 3 is 2.67 bits per heavy atom. The molecule has 0 amide bonds. The van der Waals surface area contributed by atoms with E-state index in [4.69, 9.17) is 0 Å². The van der Waals surface area contributed by atoms with Crippen molar-refractivity contribution in [3.8, 4) is 0 Å². The van der Waals surface area contributed by atoms with Crippen LogP contribution in [0.1, 0.15) is 47.8 Å². The molecule has 0 aromatic heterocycles. The van der Waals surface area contributed by atoms with Gasteiger partial charge in [-0.05, 0) is 53.3 Å². The normalized spacial score (nSPS) is 21.3. The van der Waals surface area contributed by atoms with Crippen molar-refractivity contribution in [3.63, 3.8) is 0 Å². The first-order chi connectivity index (χ1) is 12.9. The van der Waals surface area contributed by atoms with Gasteiger partial charge in [0.15, 0.2) is 0 Å². The summed E-state index contributed by atoms with van der Waals surface area (Å²) < 4.78 is 0. The summed E-state index contributed by atoms with van der Waals surface area (Å²) in [6, 6.07) is 14.5. The van der Waals surface area contributed by atoms with Gasteiger partial charge in [-0.2, -0.15) is 0 Å². The van der Waals surface area contributed by atoms with Crippen molar-refractivity contribution >= 4 is 17.3 Å². The topological polar surface area (TPSA) is 64.6 Å². The van der Waals surface area contributed by atoms with Crippen LogP contribution in [0.25, 0.3) is 0 Å². The Morgan fingerprint density at radius 1 is 1.15 bits per heavy atom. The van der Waals surface area contributed by atoms with E-state index in [0.717, 1.165) is 43.9 Å². The van der Waals surface area contributed by atoms with Gasteiger partial charge < -0.3 is 20.6 Å². The van der Waals surface area contributed by atoms with E-state index in [0.29, 0.717) is 5.56 Å². The Hall–Kier alpha value is -2.53. The number of nitrogens with zero attached hydrogens (tertiary/aromatic N) is 1. The molecule has 2 aliphatic heterocycles. The van der Waals surface area contributed by atoms with Crippen LogP contribution in [0.4, 0.5) is 11.4 Å². The van der Waals surface area contributed by atoms with Gasteiger partial charge >= 0.3 is 5.97 Å². The van der Waals surface area contributed by atoms with Crippen molar-refractivity contribution in [2.24, 2.45) is 0 Å². The average Bonchev–Trinajstić information content (AvgIpc) is 2.68. The molecule has 0 radical (unpaired) electrons. The molecular weight excluding hydrogens is 338 g/mol. The highest BCUT2D eigenvalue weighted by Crippen LogP contribution is 2.44. The molecule has 27 heavy (non-hydrogen) atoms. The molecule has 0 saturated carbocycles. The van der Waals surface area contributed by atoms with Gasteiger partial charge in [0, 0.05) is 37.6 Å². The number of hydrogen-bond donors (Lipinski definition) is 3. The van der Waals surface area contributed by atoms with Crippen LogP contribution in [-0.4, -0.2) is 37.3 Å². The smallest absolute Gasteiger partial charge is 0.335 e. The number of carboxylic acid groups (broad SMARTS) is 1. The molecule has 142 valence electrons. The van der Waals surface area contributed by atoms with Gasteiger partial charge in [0.2, 0.25) is 0 Å². The Kier molecular flexibility index (Phi) is 4.56. The second-order valence-electron chi connectivity index (χ2n) is 8.18.